The summed E-state index contributed by atoms with van der Waals surface area (Å²) in [6.07, 6.45) is 0.825. The van der Waals surface area contributed by atoms with Crippen molar-refractivity contribution in [1.29, 1.82) is 0 Å². The number of nitrogens with one attached hydrogen (secondary N) is 1. The van der Waals surface area contributed by atoms with E-state index in [1.54, 1.807) is 13.8 Å². The van der Waals surface area contributed by atoms with E-state index in [4.69, 9.17) is 5.73 Å². The standard InChI is InChI=1S/C12H18N2O2S/c1-4-8-5-6-17-9(8)10(15)14-7-12(2,3)11(13)16/h5-6H,4,7H2,1-3H3,(H2,13,16)(H,14,15). The second-order valence-electron chi connectivity index (χ2n) is 4.56. The Labute approximate surface area is 105 Å². The highest BCUT2D eigenvalue weighted by molar-refractivity contribution is 7.12. The van der Waals surface area contributed by atoms with E-state index in [1.807, 2.05) is 18.4 Å². The summed E-state index contributed by atoms with van der Waals surface area (Å²) in [6.45, 7) is 5.68. The summed E-state index contributed by atoms with van der Waals surface area (Å²) >= 11 is 1.41. The lowest BCUT2D eigenvalue weighted by Crippen LogP contribution is -2.42. The van der Waals surface area contributed by atoms with Gasteiger partial charge in [0.15, 0.2) is 0 Å². The molecule has 0 spiro atoms. The van der Waals surface area contributed by atoms with Crippen molar-refractivity contribution in [2.45, 2.75) is 27.2 Å². The molecule has 94 valence electrons. The first-order valence-corrected chi connectivity index (χ1v) is 6.41. The molecule has 0 atom stereocenters. The van der Waals surface area contributed by atoms with Gasteiger partial charge in [0.2, 0.25) is 5.91 Å². The SMILES string of the molecule is CCc1ccsc1C(=O)NCC(C)(C)C(N)=O. The van der Waals surface area contributed by atoms with Crippen LogP contribution in [0.4, 0.5) is 0 Å². The normalized spacial score (nSPS) is 11.2. The molecule has 3 N–H and O–H groups in total. The molecule has 0 aliphatic rings. The topological polar surface area (TPSA) is 72.2 Å². The van der Waals surface area contributed by atoms with Crippen LogP contribution in [-0.4, -0.2) is 18.4 Å². The van der Waals surface area contributed by atoms with Crippen LogP contribution < -0.4 is 11.1 Å². The molecule has 0 aromatic carbocycles. The van der Waals surface area contributed by atoms with Crippen LogP contribution >= 0.6 is 11.3 Å². The first-order chi connectivity index (χ1) is 7.88. The Morgan fingerprint density at radius 3 is 2.65 bits per heavy atom. The zero-order valence-corrected chi connectivity index (χ0v) is 11.2. The molecule has 0 saturated heterocycles. The number of amides is 2. The zero-order chi connectivity index (χ0) is 13.1. The van der Waals surface area contributed by atoms with E-state index < -0.39 is 11.3 Å². The lowest BCUT2D eigenvalue weighted by atomic mass is 9.93. The molecule has 4 nitrogen and oxygen atoms in total. The van der Waals surface area contributed by atoms with Gasteiger partial charge in [-0.2, -0.15) is 0 Å². The van der Waals surface area contributed by atoms with Gasteiger partial charge in [-0.05, 0) is 37.3 Å². The highest BCUT2D eigenvalue weighted by Crippen LogP contribution is 2.18. The van der Waals surface area contributed by atoms with Gasteiger partial charge in [0.05, 0.1) is 10.3 Å². The molecule has 1 rings (SSSR count). The lowest BCUT2D eigenvalue weighted by Gasteiger charge is -2.20. The van der Waals surface area contributed by atoms with E-state index in [0.717, 1.165) is 12.0 Å². The number of carbonyl (C=O) groups excluding carboxylic acids is 2. The number of thiophene rings is 1. The Kier molecular flexibility index (Phi) is 4.28. The molecule has 5 heteroatoms. The maximum atomic E-state index is 11.9. The molecule has 1 heterocycles. The van der Waals surface area contributed by atoms with E-state index in [0.29, 0.717) is 4.88 Å². The highest BCUT2D eigenvalue weighted by atomic mass is 32.1. The smallest absolute Gasteiger partial charge is 0.261 e. The molecular formula is C12H18N2O2S. The van der Waals surface area contributed by atoms with Crippen molar-refractivity contribution >= 4 is 23.2 Å². The molecule has 2 amide bonds. The van der Waals surface area contributed by atoms with Crippen molar-refractivity contribution < 1.29 is 9.59 Å². The lowest BCUT2D eigenvalue weighted by molar-refractivity contribution is -0.125. The van der Waals surface area contributed by atoms with Gasteiger partial charge < -0.3 is 11.1 Å². The maximum Gasteiger partial charge on any atom is 0.261 e. The van der Waals surface area contributed by atoms with E-state index >= 15 is 0 Å². The average Bonchev–Trinajstić information content (AvgIpc) is 2.73. The average molecular weight is 254 g/mol. The Hall–Kier alpha value is -1.36. The van der Waals surface area contributed by atoms with Gasteiger partial charge in [-0.15, -0.1) is 11.3 Å². The first-order valence-electron chi connectivity index (χ1n) is 5.53. The van der Waals surface area contributed by atoms with Gasteiger partial charge in [-0.3, -0.25) is 9.59 Å². The van der Waals surface area contributed by atoms with Gasteiger partial charge in [-0.25, -0.2) is 0 Å². The predicted molar refractivity (Wildman–Crippen MR) is 69.0 cm³/mol. The summed E-state index contributed by atoms with van der Waals surface area (Å²) in [4.78, 5) is 23.7. The number of primary amides is 1. The van der Waals surface area contributed by atoms with Crippen molar-refractivity contribution in [3.63, 3.8) is 0 Å². The van der Waals surface area contributed by atoms with Crippen LogP contribution in [-0.2, 0) is 11.2 Å². The molecule has 0 bridgehead atoms. The minimum absolute atomic E-state index is 0.133. The van der Waals surface area contributed by atoms with Gasteiger partial charge in [-0.1, -0.05) is 6.92 Å². The fourth-order valence-corrected chi connectivity index (χ4v) is 2.19. The number of hydrogen-bond acceptors (Lipinski definition) is 3. The fraction of sp³-hybridized carbons (Fsp3) is 0.500. The molecule has 0 aliphatic heterocycles. The number of nitrogens with two attached hydrogens (primary N) is 1. The van der Waals surface area contributed by atoms with E-state index in [1.165, 1.54) is 11.3 Å². The Bertz CT molecular complexity index is 424. The van der Waals surface area contributed by atoms with Crippen LogP contribution in [0.25, 0.3) is 0 Å². The van der Waals surface area contributed by atoms with Gasteiger partial charge in [0.25, 0.3) is 5.91 Å². The second kappa shape index (κ2) is 5.31. The summed E-state index contributed by atoms with van der Waals surface area (Å²) < 4.78 is 0. The first kappa shape index (κ1) is 13.7. The Morgan fingerprint density at radius 2 is 2.12 bits per heavy atom. The molecular weight excluding hydrogens is 236 g/mol. The molecule has 0 fully saturated rings. The van der Waals surface area contributed by atoms with Crippen LogP contribution in [0.15, 0.2) is 11.4 Å². The number of aryl methyl sites for hydroxylation is 1. The number of carbonyl (C=O) groups is 2. The van der Waals surface area contributed by atoms with E-state index in [9.17, 15) is 9.59 Å². The van der Waals surface area contributed by atoms with Gasteiger partial charge in [0, 0.05) is 6.54 Å². The Balaban J connectivity index is 2.65. The molecule has 0 aliphatic carbocycles. The van der Waals surface area contributed by atoms with Crippen LogP contribution in [0.2, 0.25) is 0 Å². The summed E-state index contributed by atoms with van der Waals surface area (Å²) in [6, 6.07) is 1.94. The van der Waals surface area contributed by atoms with Crippen molar-refractivity contribution in [1.82, 2.24) is 5.32 Å². The summed E-state index contributed by atoms with van der Waals surface area (Å²) in [7, 11) is 0. The number of hydrogen-bond donors (Lipinski definition) is 2. The van der Waals surface area contributed by atoms with Gasteiger partial charge >= 0.3 is 0 Å². The van der Waals surface area contributed by atoms with Crippen LogP contribution in [0.3, 0.4) is 0 Å². The van der Waals surface area contributed by atoms with Crippen molar-refractivity contribution in [3.8, 4) is 0 Å². The molecule has 0 saturated carbocycles. The van der Waals surface area contributed by atoms with Crippen molar-refractivity contribution in [2.24, 2.45) is 11.1 Å². The maximum absolute atomic E-state index is 11.9. The molecule has 1 aromatic heterocycles. The largest absolute Gasteiger partial charge is 0.369 e. The van der Waals surface area contributed by atoms with Crippen LogP contribution in [0.1, 0.15) is 36.0 Å². The Morgan fingerprint density at radius 1 is 1.47 bits per heavy atom. The summed E-state index contributed by atoms with van der Waals surface area (Å²) in [5.41, 5.74) is 5.55. The van der Waals surface area contributed by atoms with Crippen LogP contribution in [0, 0.1) is 5.41 Å². The molecule has 17 heavy (non-hydrogen) atoms. The number of rotatable bonds is 5. The third-order valence-electron chi connectivity index (χ3n) is 2.69. The summed E-state index contributed by atoms with van der Waals surface area (Å²) in [5.74, 6) is -0.550. The molecule has 0 unspecified atom stereocenters. The highest BCUT2D eigenvalue weighted by Gasteiger charge is 2.26. The van der Waals surface area contributed by atoms with Gasteiger partial charge in [0.1, 0.15) is 0 Å². The van der Waals surface area contributed by atoms with Crippen molar-refractivity contribution in [3.05, 3.63) is 21.9 Å². The summed E-state index contributed by atoms with van der Waals surface area (Å²) in [5, 5.41) is 4.65. The third kappa shape index (κ3) is 3.30. The van der Waals surface area contributed by atoms with Crippen molar-refractivity contribution in [2.75, 3.05) is 6.54 Å². The molecule has 1 aromatic rings. The van der Waals surface area contributed by atoms with E-state index in [2.05, 4.69) is 5.32 Å². The third-order valence-corrected chi connectivity index (χ3v) is 3.65. The van der Waals surface area contributed by atoms with E-state index in [-0.39, 0.29) is 12.5 Å². The monoisotopic (exact) mass is 254 g/mol. The molecule has 0 radical (unpaired) electrons. The quantitative estimate of drug-likeness (QED) is 0.836. The second-order valence-corrected chi connectivity index (χ2v) is 5.48. The minimum Gasteiger partial charge on any atom is -0.369 e. The predicted octanol–water partition coefficient (Wildman–Crippen LogP) is 1.55. The fourth-order valence-electron chi connectivity index (χ4n) is 1.28. The zero-order valence-electron chi connectivity index (χ0n) is 10.4. The van der Waals surface area contributed by atoms with Crippen LogP contribution in [0.5, 0.6) is 0 Å². The minimum atomic E-state index is -0.723.